The fraction of sp³-hybridized carbons (Fsp3) is 0.545. The summed E-state index contributed by atoms with van der Waals surface area (Å²) in [5.74, 6) is 0. The molecule has 0 radical (unpaired) electrons. The zero-order valence-electron chi connectivity index (χ0n) is 8.95. The molecule has 0 aromatic carbocycles. The number of aliphatic hydroxyl groups is 1. The average Bonchev–Trinajstić information content (AvgIpc) is 2.69. The fourth-order valence-electron chi connectivity index (χ4n) is 1.95. The quantitative estimate of drug-likeness (QED) is 0.899. The molecule has 0 saturated carbocycles. The van der Waals surface area contributed by atoms with E-state index in [4.69, 9.17) is 16.3 Å². The van der Waals surface area contributed by atoms with Gasteiger partial charge in [-0.25, -0.2) is 0 Å². The molecule has 1 saturated heterocycles. The Morgan fingerprint density at radius 1 is 1.59 bits per heavy atom. The topological polar surface area (TPSA) is 53.2 Å². The van der Waals surface area contributed by atoms with E-state index in [1.54, 1.807) is 6.07 Å². The zero-order valence-corrected chi connectivity index (χ0v) is 12.1. The summed E-state index contributed by atoms with van der Waals surface area (Å²) >= 11 is 10.6. The van der Waals surface area contributed by atoms with E-state index in [9.17, 15) is 10.4 Å². The Morgan fingerprint density at radius 3 is 2.71 bits per heavy atom. The van der Waals surface area contributed by atoms with E-state index < -0.39 is 11.5 Å². The Morgan fingerprint density at radius 2 is 2.24 bits per heavy atom. The second-order valence-electron chi connectivity index (χ2n) is 4.05. The summed E-state index contributed by atoms with van der Waals surface area (Å²) in [6.45, 7) is 1.04. The van der Waals surface area contributed by atoms with Crippen LogP contribution in [0.1, 0.15) is 23.8 Å². The molecule has 0 bridgehead atoms. The van der Waals surface area contributed by atoms with Gasteiger partial charge in [-0.05, 0) is 34.8 Å². The third kappa shape index (κ3) is 2.51. The predicted molar refractivity (Wildman–Crippen MR) is 70.1 cm³/mol. The SMILES string of the molecule is N#CC1(C(O)c2cc(Br)c(Cl)s2)CCOCC1. The number of halogens is 2. The highest BCUT2D eigenvalue weighted by molar-refractivity contribution is 9.10. The predicted octanol–water partition coefficient (Wildman–Crippen LogP) is 3.52. The van der Waals surface area contributed by atoms with Gasteiger partial charge in [0, 0.05) is 22.6 Å². The molecule has 2 rings (SSSR count). The van der Waals surface area contributed by atoms with E-state index in [-0.39, 0.29) is 0 Å². The Bertz CT molecular complexity index is 431. The van der Waals surface area contributed by atoms with Gasteiger partial charge in [0.15, 0.2) is 0 Å². The number of nitriles is 1. The van der Waals surface area contributed by atoms with E-state index >= 15 is 0 Å². The molecule has 3 nitrogen and oxygen atoms in total. The Balaban J connectivity index is 2.28. The Labute approximate surface area is 117 Å². The minimum Gasteiger partial charge on any atom is -0.386 e. The first-order valence-corrected chi connectivity index (χ1v) is 7.19. The van der Waals surface area contributed by atoms with Crippen LogP contribution >= 0.6 is 38.9 Å². The van der Waals surface area contributed by atoms with Crippen LogP contribution in [0.15, 0.2) is 10.5 Å². The lowest BCUT2D eigenvalue weighted by Crippen LogP contribution is -2.33. The van der Waals surface area contributed by atoms with E-state index in [0.29, 0.717) is 30.4 Å². The monoisotopic (exact) mass is 335 g/mol. The van der Waals surface area contributed by atoms with Gasteiger partial charge in [-0.3, -0.25) is 0 Å². The Kier molecular flexibility index (Phi) is 4.11. The van der Waals surface area contributed by atoms with Gasteiger partial charge in [0.05, 0.1) is 11.5 Å². The standard InChI is InChI=1S/C11H11BrClNO2S/c12-7-5-8(17-10(7)13)9(15)11(6-14)1-3-16-4-2-11/h5,9,15H,1-4H2. The first kappa shape index (κ1) is 13.3. The first-order valence-electron chi connectivity index (χ1n) is 5.21. The van der Waals surface area contributed by atoms with Crippen LogP contribution in [0.5, 0.6) is 0 Å². The summed E-state index contributed by atoms with van der Waals surface area (Å²) in [6, 6.07) is 4.05. The summed E-state index contributed by atoms with van der Waals surface area (Å²) in [7, 11) is 0. The van der Waals surface area contributed by atoms with Gasteiger partial charge in [0.1, 0.15) is 10.4 Å². The first-order chi connectivity index (χ1) is 8.09. The lowest BCUT2D eigenvalue weighted by molar-refractivity contribution is -0.0296. The van der Waals surface area contributed by atoms with E-state index in [1.165, 1.54) is 11.3 Å². The van der Waals surface area contributed by atoms with Crippen molar-refractivity contribution in [1.82, 2.24) is 0 Å². The molecular formula is C11H11BrClNO2S. The van der Waals surface area contributed by atoms with Gasteiger partial charge in [-0.1, -0.05) is 11.6 Å². The van der Waals surface area contributed by atoms with Crippen molar-refractivity contribution in [2.45, 2.75) is 18.9 Å². The molecule has 1 aromatic heterocycles. The molecule has 0 aliphatic carbocycles. The third-order valence-corrected chi connectivity index (χ3v) is 5.59. The summed E-state index contributed by atoms with van der Waals surface area (Å²) < 4.78 is 6.61. The molecule has 2 heterocycles. The molecule has 0 spiro atoms. The normalized spacial score (nSPS) is 20.8. The van der Waals surface area contributed by atoms with Crippen molar-refractivity contribution in [1.29, 1.82) is 5.26 Å². The molecule has 1 aromatic rings. The van der Waals surface area contributed by atoms with Gasteiger partial charge in [-0.15, -0.1) is 11.3 Å². The van der Waals surface area contributed by atoms with Crippen LogP contribution in [0.3, 0.4) is 0 Å². The minimum atomic E-state index is -0.801. The summed E-state index contributed by atoms with van der Waals surface area (Å²) in [5, 5.41) is 19.7. The van der Waals surface area contributed by atoms with Crippen LogP contribution in [0.2, 0.25) is 4.34 Å². The highest BCUT2D eigenvalue weighted by Gasteiger charge is 2.41. The lowest BCUT2D eigenvalue weighted by atomic mass is 9.76. The van der Waals surface area contributed by atoms with Crippen molar-refractivity contribution in [2.75, 3.05) is 13.2 Å². The number of aliphatic hydroxyl groups excluding tert-OH is 1. The molecule has 6 heteroatoms. The second kappa shape index (κ2) is 5.25. The zero-order chi connectivity index (χ0) is 12.5. The maximum Gasteiger partial charge on any atom is 0.107 e. The number of thiophene rings is 1. The molecule has 1 unspecified atom stereocenters. The highest BCUT2D eigenvalue weighted by atomic mass is 79.9. The van der Waals surface area contributed by atoms with Crippen LogP contribution in [0.4, 0.5) is 0 Å². The maximum atomic E-state index is 10.4. The summed E-state index contributed by atoms with van der Waals surface area (Å²) in [6.07, 6.45) is 0.306. The smallest absolute Gasteiger partial charge is 0.107 e. The molecule has 92 valence electrons. The largest absolute Gasteiger partial charge is 0.386 e. The molecule has 1 aliphatic heterocycles. The van der Waals surface area contributed by atoms with E-state index in [1.807, 2.05) is 0 Å². The van der Waals surface area contributed by atoms with Crippen LogP contribution < -0.4 is 0 Å². The van der Waals surface area contributed by atoms with Crippen molar-refractivity contribution in [2.24, 2.45) is 5.41 Å². The number of nitrogens with zero attached hydrogens (tertiary/aromatic N) is 1. The molecule has 17 heavy (non-hydrogen) atoms. The maximum absolute atomic E-state index is 10.4. The van der Waals surface area contributed by atoms with Gasteiger partial charge in [-0.2, -0.15) is 5.26 Å². The van der Waals surface area contributed by atoms with Crippen LogP contribution in [-0.2, 0) is 4.74 Å². The molecular weight excluding hydrogens is 326 g/mol. The molecule has 1 atom stereocenters. The Hall–Kier alpha value is -0.120. The molecule has 1 N–H and O–H groups in total. The van der Waals surface area contributed by atoms with Gasteiger partial charge in [0.25, 0.3) is 0 Å². The summed E-state index contributed by atoms with van der Waals surface area (Å²) in [4.78, 5) is 0.727. The number of ether oxygens (including phenoxy) is 1. The third-order valence-electron chi connectivity index (χ3n) is 3.06. The van der Waals surface area contributed by atoms with Gasteiger partial charge >= 0.3 is 0 Å². The van der Waals surface area contributed by atoms with E-state index in [0.717, 1.165) is 9.35 Å². The molecule has 1 fully saturated rings. The van der Waals surface area contributed by atoms with Crippen LogP contribution in [0.25, 0.3) is 0 Å². The number of hydrogen-bond donors (Lipinski definition) is 1. The van der Waals surface area contributed by atoms with Crippen LogP contribution in [-0.4, -0.2) is 18.3 Å². The van der Waals surface area contributed by atoms with Gasteiger partial charge in [0.2, 0.25) is 0 Å². The van der Waals surface area contributed by atoms with Gasteiger partial charge < -0.3 is 9.84 Å². The molecule has 1 aliphatic rings. The second-order valence-corrected chi connectivity index (χ2v) is 6.59. The van der Waals surface area contributed by atoms with Crippen molar-refractivity contribution in [3.05, 3.63) is 19.8 Å². The summed E-state index contributed by atoms with van der Waals surface area (Å²) in [5.41, 5.74) is -0.744. The fourth-order valence-corrected chi connectivity index (χ4v) is 3.79. The number of hydrogen-bond acceptors (Lipinski definition) is 4. The molecule has 0 amide bonds. The average molecular weight is 337 g/mol. The van der Waals surface area contributed by atoms with Crippen molar-refractivity contribution in [3.8, 4) is 6.07 Å². The van der Waals surface area contributed by atoms with Crippen molar-refractivity contribution < 1.29 is 9.84 Å². The number of rotatable bonds is 2. The van der Waals surface area contributed by atoms with Crippen molar-refractivity contribution in [3.63, 3.8) is 0 Å². The lowest BCUT2D eigenvalue weighted by Gasteiger charge is -2.34. The minimum absolute atomic E-state index is 0.519. The van der Waals surface area contributed by atoms with Crippen LogP contribution in [0, 0.1) is 16.7 Å². The van der Waals surface area contributed by atoms with Crippen molar-refractivity contribution >= 4 is 38.9 Å². The highest BCUT2D eigenvalue weighted by Crippen LogP contribution is 2.46. The van der Waals surface area contributed by atoms with E-state index in [2.05, 4.69) is 22.0 Å².